The van der Waals surface area contributed by atoms with Crippen molar-refractivity contribution in [2.24, 2.45) is 0 Å². The second-order valence-electron chi connectivity index (χ2n) is 11.3. The van der Waals surface area contributed by atoms with Gasteiger partial charge in [0, 0.05) is 50.2 Å². The topological polar surface area (TPSA) is 91.3 Å². The van der Waals surface area contributed by atoms with Gasteiger partial charge < -0.3 is 19.9 Å². The highest BCUT2D eigenvalue weighted by Crippen LogP contribution is 2.35. The molecule has 1 amide bonds. The predicted molar refractivity (Wildman–Crippen MR) is 174 cm³/mol. The third kappa shape index (κ3) is 8.50. The van der Waals surface area contributed by atoms with Crippen molar-refractivity contribution in [2.45, 2.75) is 37.6 Å². The Labute approximate surface area is 265 Å². The molecule has 0 radical (unpaired) electrons. The van der Waals surface area contributed by atoms with E-state index in [-0.39, 0.29) is 18.6 Å². The number of amides is 1. The minimum Gasteiger partial charge on any atom is -0.496 e. The van der Waals surface area contributed by atoms with Gasteiger partial charge in [-0.25, -0.2) is 4.79 Å². The van der Waals surface area contributed by atoms with Crippen molar-refractivity contribution in [3.63, 3.8) is 0 Å². The lowest BCUT2D eigenvalue weighted by Crippen LogP contribution is -2.63. The van der Waals surface area contributed by atoms with Crippen LogP contribution in [0.1, 0.15) is 34.6 Å². The van der Waals surface area contributed by atoms with Gasteiger partial charge in [0.15, 0.2) is 0 Å². The van der Waals surface area contributed by atoms with E-state index in [4.69, 9.17) is 9.47 Å². The van der Waals surface area contributed by atoms with Gasteiger partial charge in [-0.3, -0.25) is 14.6 Å². The largest absolute Gasteiger partial charge is 0.496 e. The SMILES string of the molecule is COc1ccccc1CN1CC(C(=O)O)N(CCCNC(=O)OCc2ccccc2)C(C(c2ccccc2)c2ccccc2)C1. The zero-order valence-electron chi connectivity index (χ0n) is 25.6. The Hall–Kier alpha value is -4.66. The molecule has 45 heavy (non-hydrogen) atoms. The number of carbonyl (C=O) groups is 2. The van der Waals surface area contributed by atoms with Gasteiger partial charge in [0.05, 0.1) is 7.11 Å². The standard InChI is InChI=1S/C37H41N3O5/c1-44-34-21-12-11-20-31(34)24-39-25-32(35(29-16-7-3-8-17-29)30-18-9-4-10-19-30)40(33(26-39)36(41)42)23-13-22-38-37(43)45-27-28-14-5-2-6-15-28/h2-12,14-21,32-33,35H,13,22-27H2,1H3,(H,38,43)(H,41,42). The summed E-state index contributed by atoms with van der Waals surface area (Å²) in [6.07, 6.45) is 0.0852. The summed E-state index contributed by atoms with van der Waals surface area (Å²) in [5.41, 5.74) is 4.19. The first-order chi connectivity index (χ1) is 22.0. The van der Waals surface area contributed by atoms with Gasteiger partial charge in [0.25, 0.3) is 0 Å². The van der Waals surface area contributed by atoms with E-state index >= 15 is 0 Å². The van der Waals surface area contributed by atoms with Crippen LogP contribution in [0, 0.1) is 0 Å². The second kappa shape index (κ2) is 15.9. The molecule has 1 aliphatic heterocycles. The van der Waals surface area contributed by atoms with Gasteiger partial charge in [0.1, 0.15) is 18.4 Å². The molecule has 1 fully saturated rings. The quantitative estimate of drug-likeness (QED) is 0.186. The number of para-hydroxylation sites is 1. The first-order valence-electron chi connectivity index (χ1n) is 15.4. The summed E-state index contributed by atoms with van der Waals surface area (Å²) >= 11 is 0. The number of hydrogen-bond acceptors (Lipinski definition) is 6. The van der Waals surface area contributed by atoms with E-state index in [2.05, 4.69) is 39.4 Å². The summed E-state index contributed by atoms with van der Waals surface area (Å²) < 4.78 is 11.0. The maximum Gasteiger partial charge on any atom is 0.407 e. The Morgan fingerprint density at radius 1 is 0.844 bits per heavy atom. The number of alkyl carbamates (subject to hydrolysis) is 1. The van der Waals surface area contributed by atoms with Crippen LogP contribution in [-0.4, -0.2) is 72.3 Å². The van der Waals surface area contributed by atoms with Crippen molar-refractivity contribution in [1.82, 2.24) is 15.1 Å². The lowest BCUT2D eigenvalue weighted by Gasteiger charge is -2.48. The molecule has 5 rings (SSSR count). The average molecular weight is 608 g/mol. The molecule has 0 aliphatic carbocycles. The number of nitrogens with one attached hydrogen (secondary N) is 1. The molecule has 0 spiro atoms. The van der Waals surface area contributed by atoms with Crippen LogP contribution in [-0.2, 0) is 22.7 Å². The number of methoxy groups -OCH3 is 1. The molecule has 234 valence electrons. The Balaban J connectivity index is 1.37. The van der Waals surface area contributed by atoms with Crippen LogP contribution in [0.5, 0.6) is 5.75 Å². The van der Waals surface area contributed by atoms with Crippen molar-refractivity contribution < 1.29 is 24.2 Å². The second-order valence-corrected chi connectivity index (χ2v) is 11.3. The lowest BCUT2D eigenvalue weighted by molar-refractivity contribution is -0.148. The van der Waals surface area contributed by atoms with Gasteiger partial charge in [0.2, 0.25) is 0 Å². The van der Waals surface area contributed by atoms with Crippen LogP contribution >= 0.6 is 0 Å². The molecule has 4 aromatic carbocycles. The molecular formula is C37H41N3O5. The average Bonchev–Trinajstić information content (AvgIpc) is 3.08. The third-order valence-corrected chi connectivity index (χ3v) is 8.35. The van der Waals surface area contributed by atoms with E-state index in [1.807, 2.05) is 91.0 Å². The van der Waals surface area contributed by atoms with Gasteiger partial charge in [-0.2, -0.15) is 0 Å². The van der Waals surface area contributed by atoms with E-state index in [9.17, 15) is 14.7 Å². The minimum absolute atomic E-state index is 0.0708. The number of carboxylic acid groups (broad SMARTS) is 1. The number of hydrogen-bond donors (Lipinski definition) is 2. The van der Waals surface area contributed by atoms with Gasteiger partial charge in [-0.05, 0) is 29.2 Å². The van der Waals surface area contributed by atoms with Crippen molar-refractivity contribution in [2.75, 3.05) is 33.3 Å². The summed E-state index contributed by atoms with van der Waals surface area (Å²) in [5.74, 6) is -0.144. The molecule has 0 bridgehead atoms. The fourth-order valence-electron chi connectivity index (χ4n) is 6.25. The molecule has 0 saturated carbocycles. The summed E-state index contributed by atoms with van der Waals surface area (Å²) in [5, 5.41) is 13.4. The predicted octanol–water partition coefficient (Wildman–Crippen LogP) is 5.78. The number of carbonyl (C=O) groups excluding carboxylic acids is 1. The monoisotopic (exact) mass is 607 g/mol. The van der Waals surface area contributed by atoms with Crippen LogP contribution in [0.25, 0.3) is 0 Å². The number of carboxylic acids is 1. The number of aliphatic carboxylic acids is 1. The minimum atomic E-state index is -0.861. The van der Waals surface area contributed by atoms with E-state index in [0.717, 1.165) is 28.0 Å². The zero-order valence-corrected chi connectivity index (χ0v) is 25.6. The van der Waals surface area contributed by atoms with Crippen molar-refractivity contribution in [1.29, 1.82) is 0 Å². The van der Waals surface area contributed by atoms with Crippen LogP contribution in [0.15, 0.2) is 115 Å². The van der Waals surface area contributed by atoms with Gasteiger partial charge in [-0.1, -0.05) is 109 Å². The molecule has 8 nitrogen and oxygen atoms in total. The van der Waals surface area contributed by atoms with Crippen LogP contribution in [0.3, 0.4) is 0 Å². The van der Waals surface area contributed by atoms with Crippen LogP contribution in [0.4, 0.5) is 4.79 Å². The lowest BCUT2D eigenvalue weighted by atomic mass is 9.82. The van der Waals surface area contributed by atoms with E-state index in [1.54, 1.807) is 7.11 Å². The Bertz CT molecular complexity index is 1460. The molecule has 1 saturated heterocycles. The van der Waals surface area contributed by atoms with E-state index < -0.39 is 18.1 Å². The molecule has 8 heteroatoms. The molecule has 2 unspecified atom stereocenters. The molecule has 1 heterocycles. The maximum atomic E-state index is 12.9. The zero-order chi connectivity index (χ0) is 31.4. The fourth-order valence-corrected chi connectivity index (χ4v) is 6.25. The van der Waals surface area contributed by atoms with Gasteiger partial charge in [-0.15, -0.1) is 0 Å². The number of rotatable bonds is 13. The Morgan fingerprint density at radius 2 is 1.44 bits per heavy atom. The molecule has 1 aliphatic rings. The number of benzene rings is 4. The summed E-state index contributed by atoms with van der Waals surface area (Å²) in [6.45, 7) is 2.66. The van der Waals surface area contributed by atoms with E-state index in [1.165, 1.54) is 0 Å². The number of ether oxygens (including phenoxy) is 2. The van der Waals surface area contributed by atoms with Crippen molar-refractivity contribution in [3.8, 4) is 5.75 Å². The normalized spacial score (nSPS) is 17.1. The number of piperazine rings is 1. The summed E-state index contributed by atoms with van der Waals surface area (Å²) in [4.78, 5) is 29.7. The van der Waals surface area contributed by atoms with Gasteiger partial charge >= 0.3 is 12.1 Å². The van der Waals surface area contributed by atoms with Crippen molar-refractivity contribution in [3.05, 3.63) is 138 Å². The summed E-state index contributed by atoms with van der Waals surface area (Å²) in [6, 6.07) is 37.1. The van der Waals surface area contributed by atoms with Crippen LogP contribution in [0.2, 0.25) is 0 Å². The smallest absolute Gasteiger partial charge is 0.407 e. The number of nitrogens with zero attached hydrogens (tertiary/aromatic N) is 2. The van der Waals surface area contributed by atoms with Crippen LogP contribution < -0.4 is 10.1 Å². The first-order valence-corrected chi connectivity index (χ1v) is 15.4. The first kappa shape index (κ1) is 31.8. The third-order valence-electron chi connectivity index (χ3n) is 8.35. The summed E-state index contributed by atoms with van der Waals surface area (Å²) in [7, 11) is 1.66. The van der Waals surface area contributed by atoms with E-state index in [0.29, 0.717) is 39.1 Å². The highest BCUT2D eigenvalue weighted by atomic mass is 16.5. The highest BCUT2D eigenvalue weighted by molar-refractivity contribution is 5.74. The molecule has 4 aromatic rings. The fraction of sp³-hybridized carbons (Fsp3) is 0.297. The molecular weight excluding hydrogens is 566 g/mol. The molecule has 2 N–H and O–H groups in total. The highest BCUT2D eigenvalue weighted by Gasteiger charge is 2.42. The maximum absolute atomic E-state index is 12.9. The Morgan fingerprint density at radius 3 is 2.07 bits per heavy atom. The molecule has 2 atom stereocenters. The Kier molecular flexibility index (Phi) is 11.2. The van der Waals surface area contributed by atoms with Crippen molar-refractivity contribution >= 4 is 12.1 Å². The molecule has 0 aromatic heterocycles.